The van der Waals surface area contributed by atoms with Crippen LogP contribution in [0.5, 0.6) is 0 Å². The van der Waals surface area contributed by atoms with Crippen molar-refractivity contribution in [2.45, 2.75) is 126 Å². The number of rotatable bonds is 3. The van der Waals surface area contributed by atoms with Crippen molar-refractivity contribution in [2.24, 2.45) is 57.2 Å². The van der Waals surface area contributed by atoms with Crippen LogP contribution in [0.1, 0.15) is 120 Å². The molecule has 0 aliphatic heterocycles. The van der Waals surface area contributed by atoms with Gasteiger partial charge in [-0.25, -0.2) is 0 Å². The van der Waals surface area contributed by atoms with E-state index >= 15 is 0 Å². The first-order valence-electron chi connectivity index (χ1n) is 14.8. The first-order valence-corrected chi connectivity index (χ1v) is 14.8. The molecule has 0 spiro atoms. The molecule has 192 valence electrons. The summed E-state index contributed by atoms with van der Waals surface area (Å²) in [5, 5.41) is 11.3. The smallest absolute Gasteiger partial charge is 0.160 e. The molecule has 4 fully saturated rings. The van der Waals surface area contributed by atoms with Crippen molar-refractivity contribution in [1.82, 2.24) is 0 Å². The fraction of sp³-hybridized carbons (Fsp3) is 0.906. The van der Waals surface area contributed by atoms with Crippen LogP contribution >= 0.6 is 0 Å². The van der Waals surface area contributed by atoms with Crippen molar-refractivity contribution in [3.8, 4) is 0 Å². The standard InChI is InChI=1S/C32H52O2/c1-9-26(34)32-17-13-22-21(28(32)27(19(2)3)23(33)18-32)10-11-25-30(22,7)16-14-24-29(5,6)20(4)12-15-31(24,25)8/h19-22,24-26,34H,9-18H2,1-8H3/t20?,21?,22?,24-,25?,26?,30?,31?,32?/m0/s1. The van der Waals surface area contributed by atoms with Crippen molar-refractivity contribution in [1.29, 1.82) is 0 Å². The minimum atomic E-state index is -0.372. The third-order valence-electron chi connectivity index (χ3n) is 13.2. The van der Waals surface area contributed by atoms with Crippen LogP contribution in [-0.4, -0.2) is 17.0 Å². The number of aliphatic hydroxyl groups is 1. The molecule has 4 saturated carbocycles. The zero-order chi connectivity index (χ0) is 24.8. The molecular formula is C32H52O2. The fourth-order valence-electron chi connectivity index (χ4n) is 11.3. The predicted molar refractivity (Wildman–Crippen MR) is 140 cm³/mol. The highest BCUT2D eigenvalue weighted by Gasteiger charge is 2.66. The highest BCUT2D eigenvalue weighted by Crippen LogP contribution is 2.73. The van der Waals surface area contributed by atoms with Gasteiger partial charge in [0.1, 0.15) is 0 Å². The van der Waals surface area contributed by atoms with Crippen LogP contribution < -0.4 is 0 Å². The van der Waals surface area contributed by atoms with E-state index in [4.69, 9.17) is 0 Å². The monoisotopic (exact) mass is 468 g/mol. The fourth-order valence-corrected chi connectivity index (χ4v) is 11.3. The summed E-state index contributed by atoms with van der Waals surface area (Å²) in [7, 11) is 0. The summed E-state index contributed by atoms with van der Waals surface area (Å²) in [5.74, 6) is 4.27. The van der Waals surface area contributed by atoms with Crippen LogP contribution in [0.3, 0.4) is 0 Å². The Labute approximate surface area is 209 Å². The van der Waals surface area contributed by atoms with Crippen LogP contribution in [-0.2, 0) is 4.79 Å². The van der Waals surface area contributed by atoms with Crippen LogP contribution in [0.4, 0.5) is 0 Å². The molecule has 2 heteroatoms. The third kappa shape index (κ3) is 3.05. The second-order valence-electron chi connectivity index (χ2n) is 14.9. The predicted octanol–water partition coefficient (Wildman–Crippen LogP) is 7.98. The van der Waals surface area contributed by atoms with Crippen molar-refractivity contribution >= 4 is 5.78 Å². The Bertz CT molecular complexity index is 881. The summed E-state index contributed by atoms with van der Waals surface area (Å²) in [5.41, 5.74) is 3.56. The third-order valence-corrected chi connectivity index (χ3v) is 13.2. The average Bonchev–Trinajstić information content (AvgIpc) is 3.09. The lowest BCUT2D eigenvalue weighted by atomic mass is 9.36. The van der Waals surface area contributed by atoms with E-state index in [1.165, 1.54) is 50.5 Å². The molecule has 0 aromatic rings. The number of fused-ring (bicyclic) bond motifs is 7. The van der Waals surface area contributed by atoms with Gasteiger partial charge in [-0.05, 0) is 115 Å². The Morgan fingerprint density at radius 2 is 1.59 bits per heavy atom. The van der Waals surface area contributed by atoms with Crippen LogP contribution in [0.2, 0.25) is 0 Å². The quantitative estimate of drug-likeness (QED) is 0.456. The minimum absolute atomic E-state index is 0.265. The molecular weight excluding hydrogens is 416 g/mol. The van der Waals surface area contributed by atoms with Crippen molar-refractivity contribution in [3.63, 3.8) is 0 Å². The molecule has 0 heterocycles. The van der Waals surface area contributed by atoms with E-state index in [0.29, 0.717) is 40.3 Å². The van der Waals surface area contributed by atoms with Gasteiger partial charge in [0.2, 0.25) is 0 Å². The van der Waals surface area contributed by atoms with Gasteiger partial charge in [0.25, 0.3) is 0 Å². The summed E-state index contributed by atoms with van der Waals surface area (Å²) < 4.78 is 0. The minimum Gasteiger partial charge on any atom is -0.392 e. The van der Waals surface area contributed by atoms with Gasteiger partial charge in [-0.2, -0.15) is 0 Å². The van der Waals surface area contributed by atoms with E-state index in [1.54, 1.807) is 0 Å². The summed E-state index contributed by atoms with van der Waals surface area (Å²) in [6, 6.07) is 0. The molecule has 0 aromatic carbocycles. The van der Waals surface area contributed by atoms with E-state index in [0.717, 1.165) is 36.2 Å². The maximum absolute atomic E-state index is 13.4. The molecule has 0 aromatic heterocycles. The topological polar surface area (TPSA) is 37.3 Å². The molecule has 5 aliphatic rings. The first-order chi connectivity index (χ1) is 15.8. The Balaban J connectivity index is 1.56. The Kier molecular flexibility index (Phi) is 5.84. The number of Topliss-reactive ketones (excluding diaryl/α,β-unsaturated/α-hetero) is 1. The number of aliphatic hydroxyl groups excluding tert-OH is 1. The van der Waals surface area contributed by atoms with E-state index < -0.39 is 0 Å². The van der Waals surface area contributed by atoms with Gasteiger partial charge in [0, 0.05) is 11.8 Å². The lowest BCUT2D eigenvalue weighted by Gasteiger charge is -2.69. The molecule has 0 bridgehead atoms. The Morgan fingerprint density at radius 1 is 0.912 bits per heavy atom. The zero-order valence-electron chi connectivity index (χ0n) is 23.5. The molecule has 1 N–H and O–H groups in total. The average molecular weight is 469 g/mol. The molecule has 2 nitrogen and oxygen atoms in total. The van der Waals surface area contributed by atoms with Gasteiger partial charge < -0.3 is 5.11 Å². The summed E-state index contributed by atoms with van der Waals surface area (Å²) in [4.78, 5) is 13.4. The largest absolute Gasteiger partial charge is 0.392 e. The molecule has 5 aliphatic carbocycles. The second-order valence-corrected chi connectivity index (χ2v) is 14.9. The lowest BCUT2D eigenvalue weighted by molar-refractivity contribution is -0.191. The van der Waals surface area contributed by atoms with Gasteiger partial charge in [0.05, 0.1) is 6.10 Å². The number of hydrogen-bond donors (Lipinski definition) is 1. The SMILES string of the molecule is CCC(O)C12CCC3C(CCC4C3(C)CC[C@H]3C(C)(C)C(C)CCC43C)C1=C(C(C)C)C(=O)C2. The number of carbonyl (C=O) groups is 1. The van der Waals surface area contributed by atoms with E-state index in [1.807, 2.05) is 0 Å². The Morgan fingerprint density at radius 3 is 2.24 bits per heavy atom. The van der Waals surface area contributed by atoms with Crippen molar-refractivity contribution in [2.75, 3.05) is 0 Å². The van der Waals surface area contributed by atoms with Gasteiger partial charge in [-0.1, -0.05) is 61.0 Å². The molecule has 8 unspecified atom stereocenters. The van der Waals surface area contributed by atoms with Gasteiger partial charge in [-0.15, -0.1) is 0 Å². The summed E-state index contributed by atoms with van der Waals surface area (Å²) in [6.45, 7) is 19.5. The summed E-state index contributed by atoms with van der Waals surface area (Å²) in [6.07, 6.45) is 11.2. The number of ketones is 1. The van der Waals surface area contributed by atoms with E-state index in [-0.39, 0.29) is 17.4 Å². The zero-order valence-corrected chi connectivity index (χ0v) is 23.5. The van der Waals surface area contributed by atoms with E-state index in [2.05, 4.69) is 55.4 Å². The highest BCUT2D eigenvalue weighted by molar-refractivity contribution is 6.00. The van der Waals surface area contributed by atoms with Gasteiger partial charge >= 0.3 is 0 Å². The normalized spacial score (nSPS) is 48.8. The Hall–Kier alpha value is -0.630. The molecule has 9 atom stereocenters. The lowest BCUT2D eigenvalue weighted by Crippen LogP contribution is -2.62. The van der Waals surface area contributed by atoms with Crippen LogP contribution in [0.25, 0.3) is 0 Å². The molecule has 0 radical (unpaired) electrons. The highest BCUT2D eigenvalue weighted by atomic mass is 16.3. The molecule has 34 heavy (non-hydrogen) atoms. The first kappa shape index (κ1) is 25.0. The number of hydrogen-bond acceptors (Lipinski definition) is 2. The maximum atomic E-state index is 13.4. The molecule has 5 rings (SSSR count). The summed E-state index contributed by atoms with van der Waals surface area (Å²) >= 11 is 0. The van der Waals surface area contributed by atoms with Gasteiger partial charge in [0.15, 0.2) is 5.78 Å². The van der Waals surface area contributed by atoms with Crippen molar-refractivity contribution < 1.29 is 9.90 Å². The van der Waals surface area contributed by atoms with Gasteiger partial charge in [-0.3, -0.25) is 4.79 Å². The molecule has 0 amide bonds. The van der Waals surface area contributed by atoms with Crippen molar-refractivity contribution in [3.05, 3.63) is 11.1 Å². The van der Waals surface area contributed by atoms with Crippen LogP contribution in [0, 0.1) is 57.2 Å². The molecule has 0 saturated heterocycles. The second kappa shape index (κ2) is 7.93. The maximum Gasteiger partial charge on any atom is 0.160 e. The number of allylic oxidation sites excluding steroid dienone is 1. The van der Waals surface area contributed by atoms with E-state index in [9.17, 15) is 9.90 Å². The number of carbonyl (C=O) groups excluding carboxylic acids is 1. The van der Waals surface area contributed by atoms with Crippen LogP contribution in [0.15, 0.2) is 11.1 Å².